The monoisotopic (exact) mass is 808 g/mol. The minimum absolute atomic E-state index is 0.00139. The number of imidazole rings is 2. The van der Waals surface area contributed by atoms with E-state index in [1.165, 1.54) is 31.4 Å². The van der Waals surface area contributed by atoms with Gasteiger partial charge in [0.05, 0.1) is 36.1 Å². The minimum atomic E-state index is -0.992. The van der Waals surface area contributed by atoms with Crippen LogP contribution in [0, 0.1) is 13.8 Å². The van der Waals surface area contributed by atoms with E-state index in [0.29, 0.717) is 52.4 Å². The lowest BCUT2D eigenvalue weighted by atomic mass is 10.1. The van der Waals surface area contributed by atoms with E-state index in [0.717, 1.165) is 0 Å². The van der Waals surface area contributed by atoms with E-state index in [9.17, 15) is 24.0 Å². The smallest absolute Gasteiger partial charge is 0.303 e. The molecule has 4 aromatic heterocycles. The van der Waals surface area contributed by atoms with Gasteiger partial charge in [0, 0.05) is 43.7 Å². The van der Waals surface area contributed by atoms with Gasteiger partial charge in [0.25, 0.3) is 11.8 Å². The third-order valence-electron chi connectivity index (χ3n) is 9.26. The Morgan fingerprint density at radius 3 is 1.61 bits per heavy atom. The number of anilines is 2. The molecule has 0 bridgehead atoms. The molecule has 0 saturated carbocycles. The third-order valence-corrected chi connectivity index (χ3v) is 9.26. The zero-order valence-corrected chi connectivity index (χ0v) is 33.1. The van der Waals surface area contributed by atoms with E-state index in [1.807, 2.05) is 13.8 Å². The molecule has 2 aromatic carbocycles. The standard InChI is InChI=1S/C39H44N12O8/c1-6-50-27(15-21(3)46-50)36(56)44-38-42-25-17-23(34(40)54)19-29(58-5)32(25)48(38)12-8-9-13-49-33-26(18-24(35(41)55)20-30(33)59-14-10-11-31(52)53)43-39(49)45-37(57)28-16-22(4)47-51(28)7-2/h8-9,15-20H,6-7,10-14H2,1-5H3,(H2,40,54)(H2,41,55)(H,52,53)(H,42,44,56)(H,43,45,57)/b9-8+. The second-order valence-corrected chi connectivity index (χ2v) is 13.4. The van der Waals surface area contributed by atoms with Crippen molar-refractivity contribution in [2.45, 2.75) is 66.7 Å². The number of nitrogens with zero attached hydrogens (tertiary/aromatic N) is 8. The van der Waals surface area contributed by atoms with Gasteiger partial charge in [0.2, 0.25) is 23.7 Å². The number of benzene rings is 2. The van der Waals surface area contributed by atoms with E-state index in [-0.39, 0.29) is 72.6 Å². The quantitative estimate of drug-likeness (QED) is 0.0615. The molecule has 7 N–H and O–H groups in total. The predicted octanol–water partition coefficient (Wildman–Crippen LogP) is 3.65. The van der Waals surface area contributed by atoms with Crippen LogP contribution in [0.5, 0.6) is 11.5 Å². The van der Waals surface area contributed by atoms with E-state index in [2.05, 4.69) is 30.8 Å². The Hall–Kier alpha value is -7.51. The van der Waals surface area contributed by atoms with Crippen LogP contribution in [0.25, 0.3) is 22.1 Å². The lowest BCUT2D eigenvalue weighted by Crippen LogP contribution is -2.20. The summed E-state index contributed by atoms with van der Waals surface area (Å²) in [7, 11) is 1.44. The summed E-state index contributed by atoms with van der Waals surface area (Å²) in [5.74, 6) is -2.63. The van der Waals surface area contributed by atoms with Gasteiger partial charge in [0.1, 0.15) is 33.9 Å². The Morgan fingerprint density at radius 1 is 0.729 bits per heavy atom. The topological polar surface area (TPSA) is 271 Å². The lowest BCUT2D eigenvalue weighted by molar-refractivity contribution is -0.137. The zero-order valence-electron chi connectivity index (χ0n) is 33.1. The molecule has 0 atom stereocenters. The average molecular weight is 809 g/mol. The molecular weight excluding hydrogens is 765 g/mol. The number of primary amides is 2. The fourth-order valence-corrected chi connectivity index (χ4v) is 6.59. The molecular formula is C39H44N12O8. The summed E-state index contributed by atoms with van der Waals surface area (Å²) in [6, 6.07) is 9.23. The number of carboxylic acid groups (broad SMARTS) is 1. The van der Waals surface area contributed by atoms with E-state index >= 15 is 0 Å². The summed E-state index contributed by atoms with van der Waals surface area (Å²) >= 11 is 0. The zero-order chi connectivity index (χ0) is 42.5. The van der Waals surface area contributed by atoms with Gasteiger partial charge in [-0.15, -0.1) is 0 Å². The normalized spacial score (nSPS) is 11.4. The molecule has 308 valence electrons. The van der Waals surface area contributed by atoms with Crippen LogP contribution in [0.1, 0.15) is 79.8 Å². The van der Waals surface area contributed by atoms with Gasteiger partial charge in [-0.3, -0.25) is 44.0 Å². The Morgan fingerprint density at radius 2 is 1.19 bits per heavy atom. The fraction of sp³-hybridized carbons (Fsp3) is 0.308. The van der Waals surface area contributed by atoms with Crippen molar-refractivity contribution in [3.05, 3.63) is 82.5 Å². The van der Waals surface area contributed by atoms with Crippen LogP contribution in [0.15, 0.2) is 48.6 Å². The molecule has 20 heteroatoms. The predicted molar refractivity (Wildman–Crippen MR) is 216 cm³/mol. The summed E-state index contributed by atoms with van der Waals surface area (Å²) in [5, 5.41) is 23.7. The SMILES string of the molecule is CCn1nc(C)cc1C(=O)Nc1nc2cc(C(N)=O)cc(OC)c2n1C/C=C/Cn1c(NC(=O)c2cc(C)nn2CC)nc2cc(C(N)=O)cc(OCCCC(=O)O)c21. The molecule has 20 nitrogen and oxygen atoms in total. The summed E-state index contributed by atoms with van der Waals surface area (Å²) in [4.78, 5) is 72.4. The fourth-order valence-electron chi connectivity index (χ4n) is 6.59. The number of carbonyl (C=O) groups is 5. The first-order chi connectivity index (χ1) is 28.2. The highest BCUT2D eigenvalue weighted by molar-refractivity contribution is 6.05. The van der Waals surface area contributed by atoms with Crippen molar-refractivity contribution >= 4 is 63.6 Å². The van der Waals surface area contributed by atoms with Crippen molar-refractivity contribution in [1.29, 1.82) is 0 Å². The van der Waals surface area contributed by atoms with Crippen LogP contribution in [0.3, 0.4) is 0 Å². The third kappa shape index (κ3) is 8.75. The molecule has 0 aliphatic rings. The summed E-state index contributed by atoms with van der Waals surface area (Å²) in [6.45, 7) is 8.39. The summed E-state index contributed by atoms with van der Waals surface area (Å²) in [6.07, 6.45) is 3.61. The molecule has 4 heterocycles. The number of carbonyl (C=O) groups excluding carboxylic acids is 4. The van der Waals surface area contributed by atoms with Gasteiger partial charge in [-0.25, -0.2) is 9.97 Å². The number of amides is 4. The largest absolute Gasteiger partial charge is 0.494 e. The Bertz CT molecular complexity index is 2650. The molecule has 0 aliphatic heterocycles. The van der Waals surface area contributed by atoms with Crippen LogP contribution < -0.4 is 31.6 Å². The number of fused-ring (bicyclic) bond motifs is 2. The first-order valence-electron chi connectivity index (χ1n) is 18.7. The van der Waals surface area contributed by atoms with Gasteiger partial charge in [0.15, 0.2) is 0 Å². The van der Waals surface area contributed by atoms with Crippen molar-refractivity contribution in [3.63, 3.8) is 0 Å². The minimum Gasteiger partial charge on any atom is -0.494 e. The molecule has 6 aromatic rings. The number of nitrogens with two attached hydrogens (primary N) is 2. The van der Waals surface area contributed by atoms with Crippen molar-refractivity contribution in [2.24, 2.45) is 11.5 Å². The highest BCUT2D eigenvalue weighted by Crippen LogP contribution is 2.33. The van der Waals surface area contributed by atoms with Crippen LogP contribution in [0.2, 0.25) is 0 Å². The molecule has 0 aliphatic carbocycles. The average Bonchev–Trinajstić information content (AvgIpc) is 3.96. The number of hydrogen-bond donors (Lipinski definition) is 5. The molecule has 6 rings (SSSR count). The molecule has 0 fully saturated rings. The van der Waals surface area contributed by atoms with Crippen molar-refractivity contribution in [1.82, 2.24) is 38.7 Å². The van der Waals surface area contributed by atoms with Crippen molar-refractivity contribution < 1.29 is 38.6 Å². The van der Waals surface area contributed by atoms with E-state index in [4.69, 9.17) is 26.0 Å². The first kappa shape index (κ1) is 41.1. The van der Waals surface area contributed by atoms with Crippen LogP contribution in [0.4, 0.5) is 11.9 Å². The maximum absolute atomic E-state index is 13.7. The Balaban J connectivity index is 1.41. The second-order valence-electron chi connectivity index (χ2n) is 13.4. The van der Waals surface area contributed by atoms with E-state index < -0.39 is 29.6 Å². The highest BCUT2D eigenvalue weighted by Gasteiger charge is 2.24. The number of rotatable bonds is 18. The maximum atomic E-state index is 13.7. The number of aliphatic carboxylic acids is 1. The van der Waals surface area contributed by atoms with Crippen molar-refractivity contribution in [3.8, 4) is 11.5 Å². The number of nitrogens with one attached hydrogen (secondary N) is 2. The maximum Gasteiger partial charge on any atom is 0.303 e. The number of allylic oxidation sites excluding steroid dienone is 2. The van der Waals surface area contributed by atoms with Crippen molar-refractivity contribution in [2.75, 3.05) is 24.4 Å². The molecule has 0 unspecified atom stereocenters. The first-order valence-corrected chi connectivity index (χ1v) is 18.7. The molecule has 59 heavy (non-hydrogen) atoms. The van der Waals surface area contributed by atoms with Gasteiger partial charge in [-0.2, -0.15) is 10.2 Å². The number of aromatic nitrogens is 8. The van der Waals surface area contributed by atoms with Gasteiger partial charge in [-0.05, 0) is 70.5 Å². The number of ether oxygens (including phenoxy) is 2. The van der Waals surface area contributed by atoms with Crippen LogP contribution >= 0.6 is 0 Å². The molecule has 0 radical (unpaired) electrons. The number of aryl methyl sites for hydroxylation is 4. The molecule has 4 amide bonds. The Labute approximate surface area is 336 Å². The number of methoxy groups -OCH3 is 1. The number of carboxylic acids is 1. The highest BCUT2D eigenvalue weighted by atomic mass is 16.5. The van der Waals surface area contributed by atoms with Gasteiger partial charge >= 0.3 is 5.97 Å². The van der Waals surface area contributed by atoms with Gasteiger partial charge in [-0.1, -0.05) is 12.2 Å². The van der Waals surface area contributed by atoms with Gasteiger partial charge < -0.3 is 35.2 Å². The van der Waals surface area contributed by atoms with Crippen LogP contribution in [-0.4, -0.2) is 87.1 Å². The molecule has 0 saturated heterocycles. The van der Waals surface area contributed by atoms with E-state index in [1.54, 1.807) is 56.6 Å². The lowest BCUT2D eigenvalue weighted by Gasteiger charge is -2.13. The second kappa shape index (κ2) is 17.3. The van der Waals surface area contributed by atoms with Crippen LogP contribution in [-0.2, 0) is 31.0 Å². The molecule has 0 spiro atoms. The summed E-state index contributed by atoms with van der Waals surface area (Å²) < 4.78 is 18.2. The Kier molecular flexibility index (Phi) is 12.1. The number of hydrogen-bond acceptors (Lipinski definition) is 11. The summed E-state index contributed by atoms with van der Waals surface area (Å²) in [5.41, 5.74) is 14.9.